The van der Waals surface area contributed by atoms with E-state index >= 15 is 0 Å². The summed E-state index contributed by atoms with van der Waals surface area (Å²) in [5.41, 5.74) is 0. The lowest BCUT2D eigenvalue weighted by Crippen LogP contribution is -2.32. The van der Waals surface area contributed by atoms with Gasteiger partial charge in [0.2, 0.25) is 0 Å². The Balaban J connectivity index is 2.30. The SMILES string of the molecule is O=C1OCCCC/C=C\CC1S(=O)(=O)c1ccccc1. The molecule has 1 aromatic carbocycles. The molecular weight excluding hydrogens is 276 g/mol. The van der Waals surface area contributed by atoms with Crippen LogP contribution in [-0.2, 0) is 19.4 Å². The predicted molar refractivity (Wildman–Crippen MR) is 76.0 cm³/mol. The topological polar surface area (TPSA) is 60.4 Å². The van der Waals surface area contributed by atoms with Crippen LogP contribution in [0.1, 0.15) is 25.7 Å². The Morgan fingerprint density at radius 1 is 1.05 bits per heavy atom. The van der Waals surface area contributed by atoms with Crippen LogP contribution in [0.15, 0.2) is 47.4 Å². The number of carbonyl (C=O) groups is 1. The van der Waals surface area contributed by atoms with Crippen LogP contribution < -0.4 is 0 Å². The van der Waals surface area contributed by atoms with Crippen molar-refractivity contribution >= 4 is 15.8 Å². The average Bonchev–Trinajstić information content (AvgIpc) is 2.46. The summed E-state index contributed by atoms with van der Waals surface area (Å²) in [7, 11) is -3.70. The third kappa shape index (κ3) is 3.48. The monoisotopic (exact) mass is 294 g/mol. The predicted octanol–water partition coefficient (Wildman–Crippen LogP) is 2.50. The van der Waals surface area contributed by atoms with Gasteiger partial charge in [0.05, 0.1) is 11.5 Å². The zero-order chi connectivity index (χ0) is 14.4. The third-order valence-corrected chi connectivity index (χ3v) is 5.30. The molecular formula is C15H18O4S. The lowest BCUT2D eigenvalue weighted by molar-refractivity contribution is -0.143. The number of benzene rings is 1. The lowest BCUT2D eigenvalue weighted by Gasteiger charge is -2.16. The molecule has 0 bridgehead atoms. The van der Waals surface area contributed by atoms with Crippen molar-refractivity contribution in [3.8, 4) is 0 Å². The Labute approximate surface area is 119 Å². The summed E-state index contributed by atoms with van der Waals surface area (Å²) in [6.07, 6.45) is 6.45. The van der Waals surface area contributed by atoms with Crippen LogP contribution >= 0.6 is 0 Å². The van der Waals surface area contributed by atoms with Crippen LogP contribution in [0.5, 0.6) is 0 Å². The van der Waals surface area contributed by atoms with Gasteiger partial charge in [0, 0.05) is 0 Å². The number of allylic oxidation sites excluding steroid dienone is 2. The number of cyclic esters (lactones) is 1. The normalized spacial score (nSPS) is 22.8. The van der Waals surface area contributed by atoms with Gasteiger partial charge < -0.3 is 4.74 Å². The van der Waals surface area contributed by atoms with Gasteiger partial charge in [-0.1, -0.05) is 30.4 Å². The van der Waals surface area contributed by atoms with Crippen molar-refractivity contribution in [3.63, 3.8) is 0 Å². The molecule has 1 aromatic rings. The van der Waals surface area contributed by atoms with Crippen LogP contribution in [0.25, 0.3) is 0 Å². The molecule has 0 saturated heterocycles. The fraction of sp³-hybridized carbons (Fsp3) is 0.400. The van der Waals surface area contributed by atoms with Gasteiger partial charge in [-0.3, -0.25) is 4.79 Å². The molecule has 0 aliphatic carbocycles. The molecule has 2 rings (SSSR count). The summed E-state index contributed by atoms with van der Waals surface area (Å²) in [5.74, 6) is -0.652. The van der Waals surface area contributed by atoms with Gasteiger partial charge in [-0.05, 0) is 37.8 Å². The molecule has 0 aromatic heterocycles. The first-order valence-corrected chi connectivity index (χ1v) is 8.27. The second kappa shape index (κ2) is 6.70. The molecule has 0 saturated carbocycles. The van der Waals surface area contributed by atoms with Gasteiger partial charge in [0.25, 0.3) is 0 Å². The van der Waals surface area contributed by atoms with Crippen LogP contribution in [0.2, 0.25) is 0 Å². The molecule has 0 N–H and O–H groups in total. The first-order valence-electron chi connectivity index (χ1n) is 6.73. The van der Waals surface area contributed by atoms with Crippen molar-refractivity contribution in [1.82, 2.24) is 0 Å². The lowest BCUT2D eigenvalue weighted by atomic mass is 10.2. The van der Waals surface area contributed by atoms with E-state index in [-0.39, 0.29) is 17.9 Å². The summed E-state index contributed by atoms with van der Waals surface area (Å²) in [6, 6.07) is 8.05. The van der Waals surface area contributed by atoms with E-state index in [0.717, 1.165) is 19.3 Å². The van der Waals surface area contributed by atoms with Crippen molar-refractivity contribution < 1.29 is 17.9 Å². The van der Waals surface area contributed by atoms with E-state index in [9.17, 15) is 13.2 Å². The molecule has 1 heterocycles. The number of ether oxygens (including phenoxy) is 1. The van der Waals surface area contributed by atoms with E-state index in [2.05, 4.69) is 0 Å². The summed E-state index contributed by atoms with van der Waals surface area (Å²) < 4.78 is 30.1. The standard InChI is InChI=1S/C15H18O4S/c16-15-14(11-7-2-1-3-8-12-19-15)20(17,18)13-9-5-4-6-10-13/h2,4-7,9-10,14H,1,3,8,11-12H2/b7-2-. The Morgan fingerprint density at radius 3 is 2.55 bits per heavy atom. The van der Waals surface area contributed by atoms with E-state index in [1.807, 2.05) is 6.08 Å². The van der Waals surface area contributed by atoms with E-state index < -0.39 is 21.1 Å². The highest BCUT2D eigenvalue weighted by atomic mass is 32.2. The van der Waals surface area contributed by atoms with Crippen LogP contribution in [0.3, 0.4) is 0 Å². The van der Waals surface area contributed by atoms with Gasteiger partial charge >= 0.3 is 5.97 Å². The van der Waals surface area contributed by atoms with Gasteiger partial charge in [-0.15, -0.1) is 0 Å². The van der Waals surface area contributed by atoms with E-state index in [0.29, 0.717) is 0 Å². The van der Waals surface area contributed by atoms with Crippen molar-refractivity contribution in [2.75, 3.05) is 6.61 Å². The summed E-state index contributed by atoms with van der Waals surface area (Å²) >= 11 is 0. The van der Waals surface area contributed by atoms with E-state index in [1.54, 1.807) is 24.3 Å². The maximum Gasteiger partial charge on any atom is 0.325 e. The molecule has 1 aliphatic rings. The number of hydrogen-bond donors (Lipinski definition) is 0. The Morgan fingerprint density at radius 2 is 1.80 bits per heavy atom. The quantitative estimate of drug-likeness (QED) is 0.621. The first kappa shape index (κ1) is 14.8. The highest BCUT2D eigenvalue weighted by molar-refractivity contribution is 7.92. The second-order valence-corrected chi connectivity index (χ2v) is 6.85. The summed E-state index contributed by atoms with van der Waals surface area (Å²) in [4.78, 5) is 12.2. The molecule has 1 atom stereocenters. The number of sulfone groups is 1. The van der Waals surface area contributed by atoms with Crippen molar-refractivity contribution in [2.45, 2.75) is 35.8 Å². The molecule has 1 aliphatic heterocycles. The zero-order valence-electron chi connectivity index (χ0n) is 11.2. The van der Waals surface area contributed by atoms with Crippen molar-refractivity contribution in [2.24, 2.45) is 0 Å². The van der Waals surface area contributed by atoms with Gasteiger partial charge in [0.1, 0.15) is 0 Å². The Hall–Kier alpha value is -1.62. The Kier molecular flexibility index (Phi) is 4.95. The van der Waals surface area contributed by atoms with E-state index in [1.165, 1.54) is 12.1 Å². The molecule has 0 fully saturated rings. The van der Waals surface area contributed by atoms with Crippen molar-refractivity contribution in [1.29, 1.82) is 0 Å². The molecule has 4 nitrogen and oxygen atoms in total. The maximum absolute atomic E-state index is 12.5. The molecule has 1 unspecified atom stereocenters. The first-order chi connectivity index (χ1) is 9.62. The highest BCUT2D eigenvalue weighted by Gasteiger charge is 2.34. The minimum Gasteiger partial charge on any atom is -0.465 e. The maximum atomic E-state index is 12.5. The molecule has 0 amide bonds. The third-order valence-electron chi connectivity index (χ3n) is 3.24. The zero-order valence-corrected chi connectivity index (χ0v) is 12.0. The largest absolute Gasteiger partial charge is 0.465 e. The molecule has 108 valence electrons. The number of hydrogen-bond acceptors (Lipinski definition) is 4. The Bertz CT molecular complexity index is 575. The van der Waals surface area contributed by atoms with Gasteiger partial charge in [-0.2, -0.15) is 0 Å². The fourth-order valence-electron chi connectivity index (χ4n) is 2.09. The smallest absolute Gasteiger partial charge is 0.325 e. The minimum absolute atomic E-state index is 0.160. The van der Waals surface area contributed by atoms with Crippen LogP contribution in [-0.4, -0.2) is 26.2 Å². The average molecular weight is 294 g/mol. The van der Waals surface area contributed by atoms with Gasteiger partial charge in [0.15, 0.2) is 15.1 Å². The fourth-order valence-corrected chi connectivity index (χ4v) is 3.64. The second-order valence-electron chi connectivity index (χ2n) is 4.72. The summed E-state index contributed by atoms with van der Waals surface area (Å²) in [6.45, 7) is 0.285. The molecule has 0 radical (unpaired) electrons. The van der Waals surface area contributed by atoms with Gasteiger partial charge in [-0.25, -0.2) is 8.42 Å². The minimum atomic E-state index is -3.70. The van der Waals surface area contributed by atoms with Crippen LogP contribution in [0.4, 0.5) is 0 Å². The number of esters is 1. The molecule has 0 spiro atoms. The number of rotatable bonds is 2. The highest BCUT2D eigenvalue weighted by Crippen LogP contribution is 2.21. The molecule has 5 heteroatoms. The number of carbonyl (C=O) groups excluding carboxylic acids is 1. The van der Waals surface area contributed by atoms with E-state index in [4.69, 9.17) is 4.74 Å². The van der Waals surface area contributed by atoms with Crippen molar-refractivity contribution in [3.05, 3.63) is 42.5 Å². The summed E-state index contributed by atoms with van der Waals surface area (Å²) in [5, 5.41) is -1.15. The van der Waals surface area contributed by atoms with Crippen LogP contribution in [0, 0.1) is 0 Å². The molecule has 20 heavy (non-hydrogen) atoms.